The molecular formula is C23H33N7O4S. The number of carbonyl (C=O) groups excluding carboxylic acids is 1. The second-order valence-electron chi connectivity index (χ2n) is 8.30. The van der Waals surface area contributed by atoms with Crippen molar-refractivity contribution in [3.63, 3.8) is 0 Å². The predicted molar refractivity (Wildman–Crippen MR) is 138 cm³/mol. The summed E-state index contributed by atoms with van der Waals surface area (Å²) in [6.07, 6.45) is 5.16. The molecule has 0 bridgehead atoms. The Balaban J connectivity index is 1.86. The smallest absolute Gasteiger partial charge is 0.322 e. The number of nitrogens with two attached hydrogens (primary N) is 3. The summed E-state index contributed by atoms with van der Waals surface area (Å²) in [5.41, 5.74) is 20.2. The first-order chi connectivity index (χ1) is 16.7. The van der Waals surface area contributed by atoms with Crippen LogP contribution in [0.15, 0.2) is 39.4 Å². The summed E-state index contributed by atoms with van der Waals surface area (Å²) >= 11 is 0. The van der Waals surface area contributed by atoms with Gasteiger partial charge in [-0.15, -0.1) is 0 Å². The molecule has 190 valence electrons. The Kier molecular flexibility index (Phi) is 8.78. The lowest BCUT2D eigenvalue weighted by Gasteiger charge is -2.35. The maximum absolute atomic E-state index is 13.0. The van der Waals surface area contributed by atoms with Gasteiger partial charge in [-0.05, 0) is 43.5 Å². The Morgan fingerprint density at radius 3 is 2.71 bits per heavy atom. The molecule has 1 fully saturated rings. The minimum Gasteiger partial charge on any atom is -0.404 e. The molecule has 35 heavy (non-hydrogen) atoms. The fourth-order valence-corrected chi connectivity index (χ4v) is 4.89. The fourth-order valence-electron chi connectivity index (χ4n) is 3.72. The third-order valence-electron chi connectivity index (χ3n) is 5.63. The van der Waals surface area contributed by atoms with Crippen molar-refractivity contribution in [3.05, 3.63) is 41.1 Å². The van der Waals surface area contributed by atoms with Gasteiger partial charge in [-0.2, -0.15) is 17.1 Å². The number of nitrogens with zero attached hydrogens (tertiary/aromatic N) is 4. The highest BCUT2D eigenvalue weighted by Crippen LogP contribution is 2.30. The van der Waals surface area contributed by atoms with Crippen LogP contribution in [0.4, 0.5) is 5.69 Å². The summed E-state index contributed by atoms with van der Waals surface area (Å²) in [7, 11) is -3.81. The number of amidine groups is 1. The lowest BCUT2D eigenvalue weighted by atomic mass is 10.0. The van der Waals surface area contributed by atoms with Gasteiger partial charge in [-0.25, -0.2) is 10.1 Å². The SMILES string of the molecule is CCCN(OCC)C(=O)C1=Cc2ccc(C(C=NS(=O)(=O)N3CC(CN)C3)=CN)cc2N=C(N)C1. The van der Waals surface area contributed by atoms with Gasteiger partial charge in [0.1, 0.15) is 5.84 Å². The highest BCUT2D eigenvalue weighted by molar-refractivity contribution is 7.88. The highest BCUT2D eigenvalue weighted by Gasteiger charge is 2.34. The van der Waals surface area contributed by atoms with Gasteiger partial charge < -0.3 is 17.2 Å². The van der Waals surface area contributed by atoms with E-state index in [0.29, 0.717) is 60.7 Å². The van der Waals surface area contributed by atoms with Gasteiger partial charge in [0.15, 0.2) is 0 Å². The number of fused-ring (bicyclic) bond motifs is 1. The largest absolute Gasteiger partial charge is 0.404 e. The number of allylic oxidation sites excluding steroid dienone is 1. The standard InChI is InChI=1S/C23H33N7O4S/c1-3-7-30(34-4-2)23(31)19-8-18-6-5-17(9-21(18)28-22(26)10-19)20(12-25)13-27-35(32,33)29-14-16(11-24)15-29/h5-6,8-9,12-13,16H,3-4,7,10-11,14-15,24-25H2,1-2H3,(H2,26,28). The van der Waals surface area contributed by atoms with Crippen LogP contribution in [0.1, 0.15) is 37.8 Å². The molecule has 0 unspecified atom stereocenters. The molecule has 6 N–H and O–H groups in total. The van der Waals surface area contributed by atoms with Crippen LogP contribution in [-0.4, -0.2) is 68.5 Å². The predicted octanol–water partition coefficient (Wildman–Crippen LogP) is 1.16. The zero-order valence-electron chi connectivity index (χ0n) is 20.1. The number of aliphatic imine (C=N–C) groups is 1. The van der Waals surface area contributed by atoms with Crippen molar-refractivity contribution in [1.82, 2.24) is 9.37 Å². The van der Waals surface area contributed by atoms with E-state index in [1.807, 2.05) is 13.8 Å². The number of rotatable bonds is 10. The van der Waals surface area contributed by atoms with E-state index in [2.05, 4.69) is 9.39 Å². The van der Waals surface area contributed by atoms with E-state index >= 15 is 0 Å². The average molecular weight is 504 g/mol. The quantitative estimate of drug-likeness (QED) is 0.318. The summed E-state index contributed by atoms with van der Waals surface area (Å²) in [4.78, 5) is 23.0. The van der Waals surface area contributed by atoms with Gasteiger partial charge in [0.05, 0.1) is 18.5 Å². The zero-order chi connectivity index (χ0) is 25.6. The van der Waals surface area contributed by atoms with Crippen molar-refractivity contribution in [2.75, 3.05) is 32.8 Å². The van der Waals surface area contributed by atoms with Crippen LogP contribution in [0.5, 0.6) is 0 Å². The van der Waals surface area contributed by atoms with Crippen LogP contribution in [0.3, 0.4) is 0 Å². The summed E-state index contributed by atoms with van der Waals surface area (Å²) in [6, 6.07) is 5.26. The van der Waals surface area contributed by atoms with Crippen LogP contribution < -0.4 is 17.2 Å². The third-order valence-corrected chi connectivity index (χ3v) is 6.95. The number of carbonyl (C=O) groups is 1. The van der Waals surface area contributed by atoms with Crippen LogP contribution in [0.25, 0.3) is 11.6 Å². The Bertz CT molecular complexity index is 1160. The summed E-state index contributed by atoms with van der Waals surface area (Å²) < 4.78 is 29.9. The molecule has 12 heteroatoms. The van der Waals surface area contributed by atoms with Crippen LogP contribution in [0, 0.1) is 5.92 Å². The van der Waals surface area contributed by atoms with E-state index in [-0.39, 0.29) is 24.1 Å². The molecule has 1 aromatic rings. The fraction of sp³-hybridized carbons (Fsp3) is 0.435. The number of hydrogen-bond acceptors (Lipinski definition) is 8. The average Bonchev–Trinajstić information content (AvgIpc) is 2.95. The van der Waals surface area contributed by atoms with Gasteiger partial charge in [-0.1, -0.05) is 19.1 Å². The molecule has 0 spiro atoms. The first-order valence-corrected chi connectivity index (χ1v) is 12.9. The van der Waals surface area contributed by atoms with Crippen LogP contribution >= 0.6 is 0 Å². The second kappa shape index (κ2) is 11.6. The van der Waals surface area contributed by atoms with Gasteiger partial charge >= 0.3 is 10.2 Å². The number of benzene rings is 1. The summed E-state index contributed by atoms with van der Waals surface area (Å²) in [6.45, 7) is 5.77. The Labute approximate surface area is 206 Å². The number of amides is 1. The normalized spacial score (nSPS) is 17.4. The van der Waals surface area contributed by atoms with E-state index in [0.717, 1.165) is 6.42 Å². The molecule has 1 saturated heterocycles. The van der Waals surface area contributed by atoms with E-state index in [1.165, 1.54) is 21.8 Å². The molecule has 1 amide bonds. The topological polar surface area (TPSA) is 170 Å². The molecule has 3 rings (SSSR count). The zero-order valence-corrected chi connectivity index (χ0v) is 20.9. The van der Waals surface area contributed by atoms with Gasteiger partial charge in [0.25, 0.3) is 5.91 Å². The van der Waals surface area contributed by atoms with E-state index in [9.17, 15) is 13.2 Å². The van der Waals surface area contributed by atoms with Crippen LogP contribution in [-0.2, 0) is 19.8 Å². The van der Waals surface area contributed by atoms with Crippen molar-refractivity contribution in [2.45, 2.75) is 26.7 Å². The third kappa shape index (κ3) is 6.34. The van der Waals surface area contributed by atoms with Gasteiger partial charge in [0, 0.05) is 49.0 Å². The van der Waals surface area contributed by atoms with Crippen LogP contribution in [0.2, 0.25) is 0 Å². The van der Waals surface area contributed by atoms with Gasteiger partial charge in [0.2, 0.25) is 0 Å². The Hall–Kier alpha value is -3.06. The van der Waals surface area contributed by atoms with Crippen molar-refractivity contribution in [3.8, 4) is 0 Å². The Morgan fingerprint density at radius 1 is 1.34 bits per heavy atom. The first-order valence-electron chi connectivity index (χ1n) is 11.5. The molecule has 2 heterocycles. The molecular weight excluding hydrogens is 470 g/mol. The van der Waals surface area contributed by atoms with E-state index < -0.39 is 10.2 Å². The molecule has 0 radical (unpaired) electrons. The lowest BCUT2D eigenvalue weighted by molar-refractivity contribution is -0.180. The maximum atomic E-state index is 13.0. The summed E-state index contributed by atoms with van der Waals surface area (Å²) in [5.74, 6) is 0.173. The molecule has 0 saturated carbocycles. The molecule has 0 aromatic heterocycles. The second-order valence-corrected chi connectivity index (χ2v) is 9.92. The molecule has 2 aliphatic heterocycles. The maximum Gasteiger partial charge on any atom is 0.322 e. The highest BCUT2D eigenvalue weighted by atomic mass is 32.2. The molecule has 1 aromatic carbocycles. The van der Waals surface area contributed by atoms with Crippen molar-refractivity contribution in [1.29, 1.82) is 0 Å². The van der Waals surface area contributed by atoms with Crippen molar-refractivity contribution >= 4 is 45.5 Å². The molecule has 11 nitrogen and oxygen atoms in total. The monoisotopic (exact) mass is 503 g/mol. The summed E-state index contributed by atoms with van der Waals surface area (Å²) in [5, 5.41) is 1.35. The van der Waals surface area contributed by atoms with Crippen molar-refractivity contribution < 1.29 is 18.0 Å². The van der Waals surface area contributed by atoms with Crippen molar-refractivity contribution in [2.24, 2.45) is 32.5 Å². The molecule has 0 aliphatic carbocycles. The first kappa shape index (κ1) is 26.5. The minimum atomic E-state index is -3.81. The minimum absolute atomic E-state index is 0.157. The van der Waals surface area contributed by atoms with E-state index in [4.69, 9.17) is 22.0 Å². The van der Waals surface area contributed by atoms with E-state index in [1.54, 1.807) is 24.3 Å². The number of hydroxylamine groups is 2. The Morgan fingerprint density at radius 2 is 2.09 bits per heavy atom. The lowest BCUT2D eigenvalue weighted by Crippen LogP contribution is -2.51. The number of hydrogen-bond donors (Lipinski definition) is 3. The molecule has 2 aliphatic rings. The van der Waals surface area contributed by atoms with Gasteiger partial charge in [-0.3, -0.25) is 9.63 Å². The molecule has 0 atom stereocenters.